The number of rotatable bonds is 4. The SMILES string of the molecule is Cc1ccccc1-c1noc(COC(=O)c2ccc(O)cc2)n1. The van der Waals surface area contributed by atoms with Crippen molar-refractivity contribution in [1.82, 2.24) is 10.1 Å². The maximum atomic E-state index is 11.9. The first-order valence-electron chi connectivity index (χ1n) is 6.98. The van der Waals surface area contributed by atoms with Crippen LogP contribution in [0, 0.1) is 6.92 Å². The molecule has 2 aromatic carbocycles. The second-order valence-corrected chi connectivity index (χ2v) is 4.95. The largest absolute Gasteiger partial charge is 0.508 e. The van der Waals surface area contributed by atoms with Crippen LogP contribution < -0.4 is 0 Å². The van der Waals surface area contributed by atoms with Crippen LogP contribution >= 0.6 is 0 Å². The number of ether oxygens (including phenoxy) is 1. The summed E-state index contributed by atoms with van der Waals surface area (Å²) in [4.78, 5) is 16.1. The molecule has 0 aliphatic carbocycles. The minimum absolute atomic E-state index is 0.0846. The predicted molar refractivity (Wildman–Crippen MR) is 81.7 cm³/mol. The van der Waals surface area contributed by atoms with Crippen LogP contribution in [0.15, 0.2) is 53.1 Å². The van der Waals surface area contributed by atoms with Gasteiger partial charge >= 0.3 is 5.97 Å². The van der Waals surface area contributed by atoms with E-state index in [1.807, 2.05) is 31.2 Å². The zero-order valence-electron chi connectivity index (χ0n) is 12.4. The molecule has 1 N–H and O–H groups in total. The molecule has 1 heterocycles. The van der Waals surface area contributed by atoms with Gasteiger partial charge in [-0.05, 0) is 36.8 Å². The van der Waals surface area contributed by atoms with E-state index in [0.29, 0.717) is 11.4 Å². The Hall–Kier alpha value is -3.15. The zero-order valence-corrected chi connectivity index (χ0v) is 12.4. The minimum atomic E-state index is -0.527. The Balaban J connectivity index is 1.67. The molecule has 23 heavy (non-hydrogen) atoms. The molecule has 0 bridgehead atoms. The van der Waals surface area contributed by atoms with Gasteiger partial charge < -0.3 is 14.4 Å². The van der Waals surface area contributed by atoms with Gasteiger partial charge in [-0.25, -0.2) is 4.79 Å². The molecule has 0 amide bonds. The molecule has 0 aliphatic heterocycles. The minimum Gasteiger partial charge on any atom is -0.508 e. The summed E-state index contributed by atoms with van der Waals surface area (Å²) in [5, 5.41) is 13.1. The Morgan fingerprint density at radius 3 is 2.65 bits per heavy atom. The van der Waals surface area contributed by atoms with Crippen LogP contribution in [0.2, 0.25) is 0 Å². The number of nitrogens with zero attached hydrogens (tertiary/aromatic N) is 2. The molecule has 3 rings (SSSR count). The highest BCUT2D eigenvalue weighted by atomic mass is 16.6. The molecule has 0 saturated carbocycles. The summed E-state index contributed by atoms with van der Waals surface area (Å²) in [6, 6.07) is 13.5. The zero-order chi connectivity index (χ0) is 16.2. The van der Waals surface area contributed by atoms with E-state index in [1.54, 1.807) is 0 Å². The summed E-state index contributed by atoms with van der Waals surface area (Å²) < 4.78 is 10.2. The lowest BCUT2D eigenvalue weighted by Crippen LogP contribution is -2.05. The van der Waals surface area contributed by atoms with Crippen molar-refractivity contribution in [3.63, 3.8) is 0 Å². The van der Waals surface area contributed by atoms with Gasteiger partial charge in [-0.1, -0.05) is 29.4 Å². The maximum absolute atomic E-state index is 11.9. The lowest BCUT2D eigenvalue weighted by atomic mass is 10.1. The van der Waals surface area contributed by atoms with Crippen molar-refractivity contribution < 1.29 is 19.2 Å². The third-order valence-corrected chi connectivity index (χ3v) is 3.28. The fourth-order valence-corrected chi connectivity index (χ4v) is 2.05. The quantitative estimate of drug-likeness (QED) is 0.745. The van der Waals surface area contributed by atoms with Crippen LogP contribution in [0.1, 0.15) is 21.8 Å². The fraction of sp³-hybridized carbons (Fsp3) is 0.118. The molecular formula is C17H14N2O4. The number of hydrogen-bond donors (Lipinski definition) is 1. The van der Waals surface area contributed by atoms with Gasteiger partial charge in [0.2, 0.25) is 5.82 Å². The Morgan fingerprint density at radius 2 is 1.91 bits per heavy atom. The van der Waals surface area contributed by atoms with Gasteiger partial charge in [-0.2, -0.15) is 4.98 Å². The van der Waals surface area contributed by atoms with Crippen LogP contribution in [0.4, 0.5) is 0 Å². The highest BCUT2D eigenvalue weighted by Crippen LogP contribution is 2.20. The topological polar surface area (TPSA) is 85.5 Å². The van der Waals surface area contributed by atoms with E-state index in [0.717, 1.165) is 11.1 Å². The van der Waals surface area contributed by atoms with Gasteiger partial charge in [0.1, 0.15) is 5.75 Å². The van der Waals surface area contributed by atoms with E-state index in [1.165, 1.54) is 24.3 Å². The number of carbonyl (C=O) groups excluding carboxylic acids is 1. The van der Waals surface area contributed by atoms with Crippen molar-refractivity contribution in [2.45, 2.75) is 13.5 Å². The van der Waals surface area contributed by atoms with Gasteiger partial charge in [-0.15, -0.1) is 0 Å². The number of esters is 1. The second kappa shape index (κ2) is 6.31. The highest BCUT2D eigenvalue weighted by Gasteiger charge is 2.13. The molecule has 0 saturated heterocycles. The van der Waals surface area contributed by atoms with Gasteiger partial charge in [0.05, 0.1) is 5.56 Å². The number of carbonyl (C=O) groups is 1. The molecular weight excluding hydrogens is 296 g/mol. The molecule has 0 atom stereocenters. The number of aryl methyl sites for hydroxylation is 1. The standard InChI is InChI=1S/C17H14N2O4/c1-11-4-2-3-5-14(11)16-18-15(23-19-16)10-22-17(21)12-6-8-13(20)9-7-12/h2-9,20H,10H2,1H3. The predicted octanol–water partition coefficient (Wildman–Crippen LogP) is 3.11. The van der Waals surface area contributed by atoms with E-state index >= 15 is 0 Å². The average Bonchev–Trinajstić information content (AvgIpc) is 3.02. The molecule has 0 radical (unpaired) electrons. The fourth-order valence-electron chi connectivity index (χ4n) is 2.05. The van der Waals surface area contributed by atoms with Crippen LogP contribution in [0.25, 0.3) is 11.4 Å². The van der Waals surface area contributed by atoms with Crippen molar-refractivity contribution in [2.24, 2.45) is 0 Å². The van der Waals surface area contributed by atoms with Crippen molar-refractivity contribution in [3.8, 4) is 17.1 Å². The van der Waals surface area contributed by atoms with E-state index in [4.69, 9.17) is 9.26 Å². The van der Waals surface area contributed by atoms with Crippen molar-refractivity contribution in [2.75, 3.05) is 0 Å². The number of hydrogen-bond acceptors (Lipinski definition) is 6. The Labute approximate surface area is 132 Å². The number of aromatic hydroxyl groups is 1. The summed E-state index contributed by atoms with van der Waals surface area (Å²) >= 11 is 0. The molecule has 3 aromatic rings. The van der Waals surface area contributed by atoms with Crippen LogP contribution in [-0.2, 0) is 11.3 Å². The van der Waals surface area contributed by atoms with Crippen molar-refractivity contribution in [3.05, 3.63) is 65.5 Å². The third-order valence-electron chi connectivity index (χ3n) is 3.28. The summed E-state index contributed by atoms with van der Waals surface area (Å²) in [6.07, 6.45) is 0. The van der Waals surface area contributed by atoms with Crippen LogP contribution in [0.3, 0.4) is 0 Å². The molecule has 6 nitrogen and oxygen atoms in total. The number of benzene rings is 2. The van der Waals surface area contributed by atoms with Gasteiger partial charge in [0.15, 0.2) is 6.61 Å². The van der Waals surface area contributed by atoms with Crippen molar-refractivity contribution >= 4 is 5.97 Å². The Morgan fingerprint density at radius 1 is 1.17 bits per heavy atom. The van der Waals surface area contributed by atoms with Gasteiger partial charge in [0.25, 0.3) is 5.89 Å². The van der Waals surface area contributed by atoms with E-state index < -0.39 is 5.97 Å². The van der Waals surface area contributed by atoms with E-state index in [9.17, 15) is 9.90 Å². The lowest BCUT2D eigenvalue weighted by molar-refractivity contribution is 0.0430. The molecule has 0 spiro atoms. The molecule has 6 heteroatoms. The van der Waals surface area contributed by atoms with Crippen LogP contribution in [0.5, 0.6) is 5.75 Å². The van der Waals surface area contributed by atoms with Gasteiger partial charge in [0, 0.05) is 5.56 Å². The molecule has 0 unspecified atom stereocenters. The highest BCUT2D eigenvalue weighted by molar-refractivity contribution is 5.89. The monoisotopic (exact) mass is 310 g/mol. The Bertz CT molecular complexity index is 825. The van der Waals surface area contributed by atoms with Crippen LogP contribution in [-0.4, -0.2) is 21.2 Å². The molecule has 1 aromatic heterocycles. The number of phenolic OH excluding ortho intramolecular Hbond substituents is 1. The normalized spacial score (nSPS) is 10.5. The van der Waals surface area contributed by atoms with Gasteiger partial charge in [-0.3, -0.25) is 0 Å². The van der Waals surface area contributed by atoms with E-state index in [2.05, 4.69) is 10.1 Å². The van der Waals surface area contributed by atoms with Crippen molar-refractivity contribution in [1.29, 1.82) is 0 Å². The average molecular weight is 310 g/mol. The third kappa shape index (κ3) is 3.37. The summed E-state index contributed by atoms with van der Waals surface area (Å²) in [6.45, 7) is 1.84. The smallest absolute Gasteiger partial charge is 0.338 e. The number of phenols is 1. The first kappa shape index (κ1) is 14.8. The molecule has 116 valence electrons. The maximum Gasteiger partial charge on any atom is 0.338 e. The second-order valence-electron chi connectivity index (χ2n) is 4.95. The Kier molecular flexibility index (Phi) is 4.05. The summed E-state index contributed by atoms with van der Waals surface area (Å²) in [5.41, 5.74) is 2.23. The molecule has 0 fully saturated rings. The number of aromatic nitrogens is 2. The first-order chi connectivity index (χ1) is 11.1. The first-order valence-corrected chi connectivity index (χ1v) is 6.98. The van der Waals surface area contributed by atoms with E-state index in [-0.39, 0.29) is 18.2 Å². The summed E-state index contributed by atoms with van der Waals surface area (Å²) in [7, 11) is 0. The molecule has 0 aliphatic rings. The lowest BCUT2D eigenvalue weighted by Gasteiger charge is -2.01. The summed E-state index contributed by atoms with van der Waals surface area (Å²) in [5.74, 6) is 0.233.